The standard InChI is InChI=1S/C18H21NO2/c20-14-6-13-19-18(21)17-10-5-4-9-16(17)12-11-15-7-2-1-3-8-15/h1-5,7-10,20H,6,11-14H2,(H,19,21). The van der Waals surface area contributed by atoms with Crippen molar-refractivity contribution < 1.29 is 9.90 Å². The van der Waals surface area contributed by atoms with Crippen molar-refractivity contribution in [3.8, 4) is 0 Å². The second-order valence-corrected chi connectivity index (χ2v) is 4.98. The fourth-order valence-corrected chi connectivity index (χ4v) is 2.26. The summed E-state index contributed by atoms with van der Waals surface area (Å²) >= 11 is 0. The summed E-state index contributed by atoms with van der Waals surface area (Å²) in [5.74, 6) is -0.0629. The first kappa shape index (κ1) is 15.3. The lowest BCUT2D eigenvalue weighted by Crippen LogP contribution is -2.26. The van der Waals surface area contributed by atoms with Crippen LogP contribution in [0.4, 0.5) is 0 Å². The number of amides is 1. The van der Waals surface area contributed by atoms with Crippen molar-refractivity contribution in [2.45, 2.75) is 19.3 Å². The Bertz CT molecular complexity index is 566. The molecule has 0 saturated carbocycles. The number of aryl methyl sites for hydroxylation is 2. The van der Waals surface area contributed by atoms with Gasteiger partial charge in [0.2, 0.25) is 0 Å². The van der Waals surface area contributed by atoms with Crippen LogP contribution in [-0.4, -0.2) is 24.2 Å². The van der Waals surface area contributed by atoms with Gasteiger partial charge in [-0.25, -0.2) is 0 Å². The number of rotatable bonds is 7. The highest BCUT2D eigenvalue weighted by molar-refractivity contribution is 5.95. The topological polar surface area (TPSA) is 49.3 Å². The van der Waals surface area contributed by atoms with Gasteiger partial charge in [-0.05, 0) is 36.5 Å². The van der Waals surface area contributed by atoms with E-state index in [2.05, 4.69) is 17.4 Å². The van der Waals surface area contributed by atoms with E-state index in [0.717, 1.165) is 24.0 Å². The number of nitrogens with one attached hydrogen (secondary N) is 1. The van der Waals surface area contributed by atoms with E-state index in [0.29, 0.717) is 13.0 Å². The van der Waals surface area contributed by atoms with Gasteiger partial charge in [0.1, 0.15) is 0 Å². The summed E-state index contributed by atoms with van der Waals surface area (Å²) in [6.45, 7) is 0.596. The summed E-state index contributed by atoms with van der Waals surface area (Å²) in [5.41, 5.74) is 3.06. The molecule has 1 amide bonds. The van der Waals surface area contributed by atoms with E-state index in [1.807, 2.05) is 42.5 Å². The quantitative estimate of drug-likeness (QED) is 0.767. The molecule has 0 radical (unpaired) electrons. The van der Waals surface area contributed by atoms with Gasteiger partial charge in [-0.3, -0.25) is 4.79 Å². The van der Waals surface area contributed by atoms with Crippen molar-refractivity contribution in [3.05, 3.63) is 71.3 Å². The second kappa shape index (κ2) is 8.22. The van der Waals surface area contributed by atoms with E-state index in [9.17, 15) is 4.79 Å². The molecule has 0 aliphatic carbocycles. The molecule has 0 atom stereocenters. The molecular formula is C18H21NO2. The van der Waals surface area contributed by atoms with Crippen LogP contribution in [0.5, 0.6) is 0 Å². The maximum Gasteiger partial charge on any atom is 0.251 e. The fourth-order valence-electron chi connectivity index (χ4n) is 2.26. The van der Waals surface area contributed by atoms with Crippen LogP contribution in [-0.2, 0) is 12.8 Å². The summed E-state index contributed by atoms with van der Waals surface area (Å²) < 4.78 is 0. The number of carbonyl (C=O) groups is 1. The molecule has 2 aromatic rings. The van der Waals surface area contributed by atoms with E-state index in [-0.39, 0.29) is 12.5 Å². The monoisotopic (exact) mass is 283 g/mol. The van der Waals surface area contributed by atoms with E-state index in [1.165, 1.54) is 5.56 Å². The molecule has 0 bridgehead atoms. The summed E-state index contributed by atoms with van der Waals surface area (Å²) in [6.07, 6.45) is 2.34. The van der Waals surface area contributed by atoms with Crippen molar-refractivity contribution in [3.63, 3.8) is 0 Å². The Morgan fingerprint density at radius 1 is 0.952 bits per heavy atom. The van der Waals surface area contributed by atoms with Gasteiger partial charge in [0, 0.05) is 18.7 Å². The highest BCUT2D eigenvalue weighted by Crippen LogP contribution is 2.12. The van der Waals surface area contributed by atoms with Gasteiger partial charge >= 0.3 is 0 Å². The molecule has 2 N–H and O–H groups in total. The van der Waals surface area contributed by atoms with Gasteiger partial charge in [0.05, 0.1) is 0 Å². The highest BCUT2D eigenvalue weighted by Gasteiger charge is 2.10. The Labute approximate surface area is 125 Å². The van der Waals surface area contributed by atoms with Gasteiger partial charge < -0.3 is 10.4 Å². The van der Waals surface area contributed by atoms with Gasteiger partial charge in [-0.2, -0.15) is 0 Å². The summed E-state index contributed by atoms with van der Waals surface area (Å²) in [5, 5.41) is 11.6. The van der Waals surface area contributed by atoms with Crippen LogP contribution in [0.3, 0.4) is 0 Å². The number of aliphatic hydroxyl groups is 1. The van der Waals surface area contributed by atoms with Crippen molar-refractivity contribution >= 4 is 5.91 Å². The minimum atomic E-state index is -0.0629. The lowest BCUT2D eigenvalue weighted by molar-refractivity contribution is 0.0950. The largest absolute Gasteiger partial charge is 0.396 e. The van der Waals surface area contributed by atoms with E-state index >= 15 is 0 Å². The SMILES string of the molecule is O=C(NCCCO)c1ccccc1CCc1ccccc1. The molecule has 0 aliphatic rings. The minimum absolute atomic E-state index is 0.0629. The van der Waals surface area contributed by atoms with Crippen LogP contribution in [0.25, 0.3) is 0 Å². The van der Waals surface area contributed by atoms with Crippen molar-refractivity contribution in [2.24, 2.45) is 0 Å². The third kappa shape index (κ3) is 4.72. The Hall–Kier alpha value is -2.13. The van der Waals surface area contributed by atoms with Crippen LogP contribution in [0.15, 0.2) is 54.6 Å². The van der Waals surface area contributed by atoms with Crippen LogP contribution < -0.4 is 5.32 Å². The fraction of sp³-hybridized carbons (Fsp3) is 0.278. The van der Waals surface area contributed by atoms with E-state index < -0.39 is 0 Å². The first-order valence-electron chi connectivity index (χ1n) is 7.32. The molecule has 3 nitrogen and oxygen atoms in total. The van der Waals surface area contributed by atoms with Gasteiger partial charge in [0.25, 0.3) is 5.91 Å². The summed E-state index contributed by atoms with van der Waals surface area (Å²) in [6, 6.07) is 18.0. The van der Waals surface area contributed by atoms with Crippen molar-refractivity contribution in [1.82, 2.24) is 5.32 Å². The molecule has 2 aromatic carbocycles. The zero-order valence-corrected chi connectivity index (χ0v) is 12.1. The molecule has 0 saturated heterocycles. The van der Waals surface area contributed by atoms with Crippen LogP contribution in [0, 0.1) is 0 Å². The first-order valence-corrected chi connectivity index (χ1v) is 7.32. The zero-order valence-electron chi connectivity index (χ0n) is 12.1. The number of benzene rings is 2. The third-order valence-electron chi connectivity index (χ3n) is 3.41. The Morgan fingerprint density at radius 2 is 1.67 bits per heavy atom. The third-order valence-corrected chi connectivity index (χ3v) is 3.41. The number of hydrogen-bond donors (Lipinski definition) is 2. The molecule has 0 aliphatic heterocycles. The molecule has 0 heterocycles. The average Bonchev–Trinajstić information content (AvgIpc) is 2.54. The highest BCUT2D eigenvalue weighted by atomic mass is 16.3. The van der Waals surface area contributed by atoms with Crippen LogP contribution in [0.1, 0.15) is 27.9 Å². The van der Waals surface area contributed by atoms with E-state index in [4.69, 9.17) is 5.11 Å². The molecule has 0 aromatic heterocycles. The van der Waals surface area contributed by atoms with Crippen molar-refractivity contribution in [1.29, 1.82) is 0 Å². The van der Waals surface area contributed by atoms with Crippen LogP contribution >= 0.6 is 0 Å². The predicted octanol–water partition coefficient (Wildman–Crippen LogP) is 2.58. The normalized spacial score (nSPS) is 10.3. The maximum atomic E-state index is 12.2. The molecule has 3 heteroatoms. The molecule has 21 heavy (non-hydrogen) atoms. The minimum Gasteiger partial charge on any atom is -0.396 e. The molecule has 0 spiro atoms. The molecular weight excluding hydrogens is 262 g/mol. The Balaban J connectivity index is 2.01. The average molecular weight is 283 g/mol. The Morgan fingerprint density at radius 3 is 2.43 bits per heavy atom. The summed E-state index contributed by atoms with van der Waals surface area (Å²) in [4.78, 5) is 12.2. The summed E-state index contributed by atoms with van der Waals surface area (Å²) in [7, 11) is 0. The van der Waals surface area contributed by atoms with Gasteiger partial charge in [0.15, 0.2) is 0 Å². The lowest BCUT2D eigenvalue weighted by Gasteiger charge is -2.10. The smallest absolute Gasteiger partial charge is 0.251 e. The van der Waals surface area contributed by atoms with E-state index in [1.54, 1.807) is 0 Å². The molecule has 0 fully saturated rings. The molecule has 110 valence electrons. The van der Waals surface area contributed by atoms with Crippen LogP contribution in [0.2, 0.25) is 0 Å². The predicted molar refractivity (Wildman–Crippen MR) is 84.3 cm³/mol. The number of hydrogen-bond acceptors (Lipinski definition) is 2. The maximum absolute atomic E-state index is 12.2. The second-order valence-electron chi connectivity index (χ2n) is 4.98. The van der Waals surface area contributed by atoms with Gasteiger partial charge in [-0.1, -0.05) is 48.5 Å². The number of aliphatic hydroxyl groups excluding tert-OH is 1. The number of carbonyl (C=O) groups excluding carboxylic acids is 1. The first-order chi connectivity index (χ1) is 10.3. The van der Waals surface area contributed by atoms with Crippen molar-refractivity contribution in [2.75, 3.05) is 13.2 Å². The molecule has 0 unspecified atom stereocenters. The van der Waals surface area contributed by atoms with Gasteiger partial charge in [-0.15, -0.1) is 0 Å². The lowest BCUT2D eigenvalue weighted by atomic mass is 9.99. The Kier molecular flexibility index (Phi) is 5.98. The molecule has 2 rings (SSSR count). The zero-order chi connectivity index (χ0) is 14.9.